The first-order chi connectivity index (χ1) is 13.5. The van der Waals surface area contributed by atoms with Crippen LogP contribution < -0.4 is 10.9 Å². The highest BCUT2D eigenvalue weighted by atomic mass is 32.1. The molecule has 2 heterocycles. The van der Waals surface area contributed by atoms with Gasteiger partial charge in [-0.2, -0.15) is 0 Å². The number of ether oxygens (including phenoxy) is 1. The van der Waals surface area contributed by atoms with Crippen molar-refractivity contribution in [1.82, 2.24) is 15.2 Å². The molecule has 0 amide bonds. The number of thiocarbonyl (C=S) groups is 1. The molecule has 0 unspecified atom stereocenters. The molecule has 0 fully saturated rings. The number of thiophene rings is 1. The van der Waals surface area contributed by atoms with Crippen LogP contribution in [0.3, 0.4) is 0 Å². The molecule has 5 nitrogen and oxygen atoms in total. The summed E-state index contributed by atoms with van der Waals surface area (Å²) in [6, 6.07) is 10.3. The molecule has 0 atom stereocenters. The average molecular weight is 416 g/mol. The van der Waals surface area contributed by atoms with Gasteiger partial charge < -0.3 is 19.9 Å². The summed E-state index contributed by atoms with van der Waals surface area (Å²) < 4.78 is 5.09. The lowest BCUT2D eigenvalue weighted by atomic mass is 10.1. The van der Waals surface area contributed by atoms with Crippen LogP contribution in [0.5, 0.6) is 0 Å². The molecule has 2 N–H and O–H groups in total. The van der Waals surface area contributed by atoms with E-state index in [1.165, 1.54) is 10.4 Å². The van der Waals surface area contributed by atoms with Crippen LogP contribution in [0, 0.1) is 13.8 Å². The fraction of sp³-hybridized carbons (Fsp3) is 0.333. The van der Waals surface area contributed by atoms with Crippen LogP contribution in [0.1, 0.15) is 21.6 Å². The first-order valence-electron chi connectivity index (χ1n) is 9.15. The Bertz CT molecular complexity index is 1010. The molecular formula is C21H25N3O2S2. The molecule has 148 valence electrons. The minimum atomic E-state index is -0.0738. The number of hydrogen-bond donors (Lipinski definition) is 2. The third-order valence-electron chi connectivity index (χ3n) is 4.53. The lowest BCUT2D eigenvalue weighted by molar-refractivity contribution is 0.202. The van der Waals surface area contributed by atoms with E-state index in [-0.39, 0.29) is 5.56 Å². The second kappa shape index (κ2) is 9.32. The summed E-state index contributed by atoms with van der Waals surface area (Å²) >= 11 is 7.27. The van der Waals surface area contributed by atoms with Crippen molar-refractivity contribution in [3.8, 4) is 0 Å². The molecule has 2 aromatic heterocycles. The van der Waals surface area contributed by atoms with E-state index in [0.29, 0.717) is 36.9 Å². The number of rotatable bonds is 7. The van der Waals surface area contributed by atoms with Crippen LogP contribution in [-0.4, -0.2) is 35.3 Å². The van der Waals surface area contributed by atoms with Crippen molar-refractivity contribution >= 4 is 39.6 Å². The van der Waals surface area contributed by atoms with E-state index in [1.807, 2.05) is 29.3 Å². The zero-order valence-corrected chi connectivity index (χ0v) is 18.0. The largest absolute Gasteiger partial charge is 0.383 e. The predicted octanol–water partition coefficient (Wildman–Crippen LogP) is 3.73. The maximum atomic E-state index is 12.7. The fourth-order valence-corrected chi connectivity index (χ4v) is 4.17. The van der Waals surface area contributed by atoms with Gasteiger partial charge in [0.1, 0.15) is 0 Å². The Kier molecular flexibility index (Phi) is 6.83. The summed E-state index contributed by atoms with van der Waals surface area (Å²) in [5.41, 5.74) is 3.77. The zero-order chi connectivity index (χ0) is 20.1. The number of aromatic nitrogens is 1. The molecule has 0 spiro atoms. The first-order valence-corrected chi connectivity index (χ1v) is 10.4. The third-order valence-corrected chi connectivity index (χ3v) is 5.79. The third kappa shape index (κ3) is 4.98. The van der Waals surface area contributed by atoms with E-state index in [0.717, 1.165) is 16.5 Å². The quantitative estimate of drug-likeness (QED) is 0.455. The molecule has 0 radical (unpaired) electrons. The molecule has 1 aromatic carbocycles. The Labute approximate surface area is 174 Å². The van der Waals surface area contributed by atoms with Gasteiger partial charge in [-0.15, -0.1) is 11.3 Å². The zero-order valence-electron chi connectivity index (χ0n) is 16.4. The summed E-state index contributed by atoms with van der Waals surface area (Å²) in [6.45, 7) is 6.37. The van der Waals surface area contributed by atoms with Crippen LogP contribution in [0.25, 0.3) is 10.9 Å². The first kappa shape index (κ1) is 20.5. The van der Waals surface area contributed by atoms with Crippen LogP contribution in [0.4, 0.5) is 0 Å². The number of aryl methyl sites for hydroxylation is 2. The van der Waals surface area contributed by atoms with Crippen LogP contribution >= 0.6 is 23.6 Å². The van der Waals surface area contributed by atoms with E-state index in [1.54, 1.807) is 18.4 Å². The van der Waals surface area contributed by atoms with Gasteiger partial charge in [0.25, 0.3) is 5.56 Å². The van der Waals surface area contributed by atoms with Crippen molar-refractivity contribution in [3.05, 3.63) is 67.6 Å². The fourth-order valence-electron chi connectivity index (χ4n) is 3.22. The van der Waals surface area contributed by atoms with Gasteiger partial charge >= 0.3 is 0 Å². The minimum Gasteiger partial charge on any atom is -0.383 e. The molecule has 3 rings (SSSR count). The highest BCUT2D eigenvalue weighted by Gasteiger charge is 2.15. The number of H-pyrrole nitrogens is 1. The van der Waals surface area contributed by atoms with E-state index in [9.17, 15) is 4.79 Å². The Morgan fingerprint density at radius 2 is 2.11 bits per heavy atom. The Balaban J connectivity index is 1.89. The van der Waals surface area contributed by atoms with Crippen molar-refractivity contribution in [2.75, 3.05) is 20.3 Å². The van der Waals surface area contributed by atoms with Crippen LogP contribution in [0.2, 0.25) is 0 Å². The van der Waals surface area contributed by atoms with Gasteiger partial charge in [-0.3, -0.25) is 4.79 Å². The van der Waals surface area contributed by atoms with Crippen molar-refractivity contribution in [3.63, 3.8) is 0 Å². The second-order valence-corrected chi connectivity index (χ2v) is 8.25. The molecule has 0 aliphatic rings. The maximum absolute atomic E-state index is 12.7. The van der Waals surface area contributed by atoms with Gasteiger partial charge in [0.2, 0.25) is 0 Å². The summed E-state index contributed by atoms with van der Waals surface area (Å²) in [5, 5.41) is 6.92. The smallest absolute Gasteiger partial charge is 0.253 e. The SMILES string of the molecule is COCCNC(=S)N(Cc1cccs1)Cc1cc2cc(C)cc(C)c2[nH]c1=O. The molecule has 0 saturated carbocycles. The van der Waals surface area contributed by atoms with Gasteiger partial charge in [0.15, 0.2) is 5.11 Å². The molecule has 7 heteroatoms. The number of aromatic amines is 1. The molecule has 0 bridgehead atoms. The van der Waals surface area contributed by atoms with Crippen molar-refractivity contribution in [1.29, 1.82) is 0 Å². The summed E-state index contributed by atoms with van der Waals surface area (Å²) in [5.74, 6) is 0. The highest BCUT2D eigenvalue weighted by Crippen LogP contribution is 2.19. The number of fused-ring (bicyclic) bond motifs is 1. The Morgan fingerprint density at radius 1 is 1.29 bits per heavy atom. The lowest BCUT2D eigenvalue weighted by Crippen LogP contribution is -2.41. The van der Waals surface area contributed by atoms with E-state index >= 15 is 0 Å². The summed E-state index contributed by atoms with van der Waals surface area (Å²) in [7, 11) is 1.66. The molecule has 0 aliphatic carbocycles. The monoisotopic (exact) mass is 415 g/mol. The predicted molar refractivity (Wildman–Crippen MR) is 120 cm³/mol. The number of nitrogens with zero attached hydrogens (tertiary/aromatic N) is 1. The molecule has 0 saturated heterocycles. The Morgan fingerprint density at radius 3 is 2.82 bits per heavy atom. The standard InChI is InChI=1S/C21H25N3O2S2/c1-14-9-15(2)19-16(10-14)11-17(20(25)23-19)12-24(13-18-5-4-8-28-18)21(27)22-6-7-26-3/h4-5,8-11H,6-7,12-13H2,1-3H3,(H,22,27)(H,23,25). The number of methoxy groups -OCH3 is 1. The normalized spacial score (nSPS) is 11.0. The average Bonchev–Trinajstić information content (AvgIpc) is 3.15. The molecule has 0 aliphatic heterocycles. The van der Waals surface area contributed by atoms with Gasteiger partial charge in [-0.05, 0) is 60.6 Å². The van der Waals surface area contributed by atoms with E-state index < -0.39 is 0 Å². The summed E-state index contributed by atoms with van der Waals surface area (Å²) in [4.78, 5) is 19.0. The minimum absolute atomic E-state index is 0.0738. The van der Waals surface area contributed by atoms with Crippen LogP contribution in [0.15, 0.2) is 40.5 Å². The van der Waals surface area contributed by atoms with Crippen molar-refractivity contribution in [2.24, 2.45) is 0 Å². The number of nitrogens with one attached hydrogen (secondary N) is 2. The van der Waals surface area contributed by atoms with E-state index in [2.05, 4.69) is 35.4 Å². The van der Waals surface area contributed by atoms with Crippen LogP contribution in [-0.2, 0) is 17.8 Å². The molecule has 28 heavy (non-hydrogen) atoms. The van der Waals surface area contributed by atoms with Gasteiger partial charge in [0.05, 0.1) is 25.2 Å². The Hall–Kier alpha value is -2.22. The highest BCUT2D eigenvalue weighted by molar-refractivity contribution is 7.80. The number of hydrogen-bond acceptors (Lipinski definition) is 4. The van der Waals surface area contributed by atoms with Gasteiger partial charge in [-0.1, -0.05) is 17.7 Å². The van der Waals surface area contributed by atoms with Gasteiger partial charge in [-0.25, -0.2) is 0 Å². The molecular weight excluding hydrogens is 390 g/mol. The van der Waals surface area contributed by atoms with Crippen molar-refractivity contribution in [2.45, 2.75) is 26.9 Å². The van der Waals surface area contributed by atoms with Crippen molar-refractivity contribution < 1.29 is 4.74 Å². The lowest BCUT2D eigenvalue weighted by Gasteiger charge is -2.25. The number of pyridine rings is 1. The maximum Gasteiger partial charge on any atom is 0.253 e. The topological polar surface area (TPSA) is 57.4 Å². The second-order valence-electron chi connectivity index (χ2n) is 6.83. The van der Waals surface area contributed by atoms with Gasteiger partial charge in [0, 0.05) is 24.1 Å². The number of benzene rings is 1. The molecule has 3 aromatic rings. The summed E-state index contributed by atoms with van der Waals surface area (Å²) in [6.07, 6.45) is 0. The van der Waals surface area contributed by atoms with E-state index in [4.69, 9.17) is 17.0 Å².